The number of aryl methyl sites for hydroxylation is 1. The summed E-state index contributed by atoms with van der Waals surface area (Å²) in [5.41, 5.74) is 2.85. The van der Waals surface area contributed by atoms with Gasteiger partial charge in [-0.05, 0) is 54.3 Å². The molecular weight excluding hydrogens is 505 g/mol. The highest BCUT2D eigenvalue weighted by atomic mass is 32.2. The molecule has 3 aromatic carbocycles. The van der Waals surface area contributed by atoms with E-state index < -0.39 is 34.3 Å². The molecular formula is C29H34FN3O4S. The van der Waals surface area contributed by atoms with Crippen LogP contribution in [-0.2, 0) is 39.0 Å². The molecule has 3 rings (SSSR count). The number of anilines is 1. The number of nitrogens with zero attached hydrogens (tertiary/aromatic N) is 2. The molecule has 0 saturated carbocycles. The van der Waals surface area contributed by atoms with E-state index in [1.807, 2.05) is 49.4 Å². The Kier molecular flexibility index (Phi) is 10.0. The number of carbonyl (C=O) groups is 2. The van der Waals surface area contributed by atoms with Crippen LogP contribution in [0.1, 0.15) is 30.5 Å². The number of benzene rings is 3. The molecule has 0 aliphatic carbocycles. The van der Waals surface area contributed by atoms with E-state index >= 15 is 0 Å². The number of sulfonamides is 1. The van der Waals surface area contributed by atoms with Crippen molar-refractivity contribution in [3.8, 4) is 0 Å². The Morgan fingerprint density at radius 2 is 1.47 bits per heavy atom. The lowest BCUT2D eigenvalue weighted by Gasteiger charge is -2.33. The summed E-state index contributed by atoms with van der Waals surface area (Å²) in [7, 11) is -3.82. The monoisotopic (exact) mass is 539 g/mol. The second-order valence-corrected chi connectivity index (χ2v) is 10.9. The Bertz CT molecular complexity index is 1310. The van der Waals surface area contributed by atoms with E-state index in [0.717, 1.165) is 28.1 Å². The molecule has 7 nitrogen and oxygen atoms in total. The van der Waals surface area contributed by atoms with Crippen LogP contribution < -0.4 is 9.62 Å². The summed E-state index contributed by atoms with van der Waals surface area (Å²) >= 11 is 0. The van der Waals surface area contributed by atoms with Crippen molar-refractivity contribution in [2.45, 2.75) is 39.3 Å². The average Bonchev–Trinajstić information content (AvgIpc) is 2.90. The summed E-state index contributed by atoms with van der Waals surface area (Å²) < 4.78 is 40.2. The van der Waals surface area contributed by atoms with E-state index in [9.17, 15) is 22.4 Å². The minimum absolute atomic E-state index is 0.000121. The topological polar surface area (TPSA) is 86.8 Å². The summed E-state index contributed by atoms with van der Waals surface area (Å²) in [5, 5.41) is 2.80. The van der Waals surface area contributed by atoms with Gasteiger partial charge in [-0.1, -0.05) is 61.5 Å². The molecule has 0 radical (unpaired) electrons. The van der Waals surface area contributed by atoms with Crippen LogP contribution in [0.5, 0.6) is 0 Å². The van der Waals surface area contributed by atoms with E-state index in [1.54, 1.807) is 31.2 Å². The van der Waals surface area contributed by atoms with Gasteiger partial charge in [0, 0.05) is 19.5 Å². The maximum atomic E-state index is 13.9. The molecule has 1 atom stereocenters. The molecule has 0 unspecified atom stereocenters. The third kappa shape index (κ3) is 7.89. The number of rotatable bonds is 12. The predicted molar refractivity (Wildman–Crippen MR) is 148 cm³/mol. The molecule has 0 spiro atoms. The third-order valence-electron chi connectivity index (χ3n) is 6.20. The number of hydrogen-bond acceptors (Lipinski definition) is 4. The molecule has 2 amide bonds. The van der Waals surface area contributed by atoms with Gasteiger partial charge in [0.2, 0.25) is 21.8 Å². The van der Waals surface area contributed by atoms with Gasteiger partial charge >= 0.3 is 0 Å². The summed E-state index contributed by atoms with van der Waals surface area (Å²) in [6.07, 6.45) is 2.06. The molecule has 0 fully saturated rings. The van der Waals surface area contributed by atoms with Gasteiger partial charge in [0.1, 0.15) is 18.4 Å². The molecule has 3 aromatic rings. The molecule has 0 saturated heterocycles. The first kappa shape index (κ1) is 28.8. The van der Waals surface area contributed by atoms with Gasteiger partial charge in [-0.25, -0.2) is 12.8 Å². The third-order valence-corrected chi connectivity index (χ3v) is 7.34. The molecule has 0 bridgehead atoms. The number of hydrogen-bond donors (Lipinski definition) is 1. The van der Waals surface area contributed by atoms with E-state index in [-0.39, 0.29) is 18.9 Å². The molecule has 0 aliphatic rings. The van der Waals surface area contributed by atoms with Crippen LogP contribution in [0.4, 0.5) is 10.1 Å². The molecule has 0 heterocycles. The van der Waals surface area contributed by atoms with Crippen molar-refractivity contribution in [3.63, 3.8) is 0 Å². The maximum Gasteiger partial charge on any atom is 0.244 e. The zero-order valence-electron chi connectivity index (χ0n) is 21.9. The molecule has 38 heavy (non-hydrogen) atoms. The fourth-order valence-electron chi connectivity index (χ4n) is 4.14. The van der Waals surface area contributed by atoms with Crippen LogP contribution >= 0.6 is 0 Å². The Hall–Kier alpha value is -3.72. The maximum absolute atomic E-state index is 13.9. The van der Waals surface area contributed by atoms with Gasteiger partial charge < -0.3 is 10.2 Å². The van der Waals surface area contributed by atoms with Crippen molar-refractivity contribution in [2.75, 3.05) is 23.7 Å². The highest BCUT2D eigenvalue weighted by Gasteiger charge is 2.32. The van der Waals surface area contributed by atoms with Gasteiger partial charge in [-0.3, -0.25) is 13.9 Å². The average molecular weight is 540 g/mol. The summed E-state index contributed by atoms with van der Waals surface area (Å²) in [6, 6.07) is 21.0. The van der Waals surface area contributed by atoms with E-state index in [0.29, 0.717) is 17.8 Å². The Balaban J connectivity index is 2.01. The largest absolute Gasteiger partial charge is 0.355 e. The lowest BCUT2D eigenvalue weighted by molar-refractivity contribution is -0.140. The first-order valence-electron chi connectivity index (χ1n) is 12.5. The van der Waals surface area contributed by atoms with Crippen LogP contribution in [0.2, 0.25) is 0 Å². The predicted octanol–water partition coefficient (Wildman–Crippen LogP) is 3.93. The van der Waals surface area contributed by atoms with Crippen LogP contribution in [0.3, 0.4) is 0 Å². The highest BCUT2D eigenvalue weighted by Crippen LogP contribution is 2.21. The lowest BCUT2D eigenvalue weighted by Crippen LogP contribution is -2.53. The molecule has 1 N–H and O–H groups in total. The van der Waals surface area contributed by atoms with Crippen molar-refractivity contribution in [1.29, 1.82) is 0 Å². The van der Waals surface area contributed by atoms with Crippen molar-refractivity contribution in [1.82, 2.24) is 10.2 Å². The van der Waals surface area contributed by atoms with Gasteiger partial charge in [0.25, 0.3) is 0 Å². The summed E-state index contributed by atoms with van der Waals surface area (Å²) in [5.74, 6) is -1.33. The van der Waals surface area contributed by atoms with E-state index in [2.05, 4.69) is 5.32 Å². The molecule has 0 aromatic heterocycles. The standard InChI is InChI=1S/C29H34FN3O4S/c1-4-22-13-17-26(18-14-22)33(38(3,36)37)21-28(34)32(20-24-11-15-25(30)16-12-24)27(29(35)31-5-2)19-23-9-7-6-8-10-23/h6-18,27H,4-5,19-21H2,1-3H3,(H,31,35)/t27-/m0/s1. The Labute approximate surface area is 224 Å². The highest BCUT2D eigenvalue weighted by molar-refractivity contribution is 7.92. The van der Waals surface area contributed by atoms with Crippen molar-refractivity contribution in [2.24, 2.45) is 0 Å². The molecule has 0 aliphatic heterocycles. The number of nitrogens with one attached hydrogen (secondary N) is 1. The van der Waals surface area contributed by atoms with E-state index in [4.69, 9.17) is 0 Å². The van der Waals surface area contributed by atoms with E-state index in [1.165, 1.54) is 17.0 Å². The van der Waals surface area contributed by atoms with Crippen LogP contribution in [-0.4, -0.2) is 50.5 Å². The van der Waals surface area contributed by atoms with Gasteiger partial charge in [0.05, 0.1) is 11.9 Å². The SMILES string of the molecule is CCNC(=O)[C@H](Cc1ccccc1)N(Cc1ccc(F)cc1)C(=O)CN(c1ccc(CC)cc1)S(C)(=O)=O. The minimum atomic E-state index is -3.82. The van der Waals surface area contributed by atoms with Gasteiger partial charge in [0.15, 0.2) is 0 Å². The first-order chi connectivity index (χ1) is 18.1. The van der Waals surface area contributed by atoms with Crippen molar-refractivity contribution in [3.05, 3.63) is 101 Å². The Morgan fingerprint density at radius 1 is 0.868 bits per heavy atom. The summed E-state index contributed by atoms with van der Waals surface area (Å²) in [4.78, 5) is 28.5. The normalized spacial score (nSPS) is 12.0. The van der Waals surface area contributed by atoms with Gasteiger partial charge in [-0.2, -0.15) is 0 Å². The number of likely N-dealkylation sites (N-methyl/N-ethyl adjacent to an activating group) is 1. The lowest BCUT2D eigenvalue weighted by atomic mass is 10.0. The molecule has 9 heteroatoms. The van der Waals surface area contributed by atoms with Crippen molar-refractivity contribution >= 4 is 27.5 Å². The fourth-order valence-corrected chi connectivity index (χ4v) is 4.99. The number of halogens is 1. The minimum Gasteiger partial charge on any atom is -0.355 e. The number of carbonyl (C=O) groups excluding carboxylic acids is 2. The van der Waals surface area contributed by atoms with Gasteiger partial charge in [-0.15, -0.1) is 0 Å². The van der Waals surface area contributed by atoms with Crippen molar-refractivity contribution < 1.29 is 22.4 Å². The zero-order valence-corrected chi connectivity index (χ0v) is 22.7. The number of amides is 2. The van der Waals surface area contributed by atoms with Crippen LogP contribution in [0, 0.1) is 5.82 Å². The second kappa shape index (κ2) is 13.2. The summed E-state index contributed by atoms with van der Waals surface area (Å²) in [6.45, 7) is 3.65. The van der Waals surface area contributed by atoms with Crippen LogP contribution in [0.15, 0.2) is 78.9 Å². The quantitative estimate of drug-likeness (QED) is 0.378. The first-order valence-corrected chi connectivity index (χ1v) is 14.4. The fraction of sp³-hybridized carbons (Fsp3) is 0.310. The molecule has 202 valence electrons. The second-order valence-electron chi connectivity index (χ2n) is 9.04. The Morgan fingerprint density at radius 3 is 2.03 bits per heavy atom. The smallest absolute Gasteiger partial charge is 0.244 e. The van der Waals surface area contributed by atoms with Crippen LogP contribution in [0.25, 0.3) is 0 Å². The zero-order chi connectivity index (χ0) is 27.7.